The van der Waals surface area contributed by atoms with Gasteiger partial charge in [0.25, 0.3) is 5.91 Å². The monoisotopic (exact) mass is 264 g/mol. The molecule has 0 aliphatic rings. The number of amides is 1. The Morgan fingerprint density at radius 1 is 1.05 bits per heavy atom. The maximum Gasteiger partial charge on any atom is 0.258 e. The van der Waals surface area contributed by atoms with Gasteiger partial charge in [0.2, 0.25) is 0 Å². The summed E-state index contributed by atoms with van der Waals surface area (Å²) in [5.41, 5.74) is 4.03. The SMILES string of the molecule is Cc1cccc(C)c1C(=O)N(C)c1ccc(C#N)cc1. The highest BCUT2D eigenvalue weighted by atomic mass is 16.2. The molecule has 0 N–H and O–H groups in total. The topological polar surface area (TPSA) is 44.1 Å². The Morgan fingerprint density at radius 2 is 1.60 bits per heavy atom. The average molecular weight is 264 g/mol. The van der Waals surface area contributed by atoms with Gasteiger partial charge in [-0.15, -0.1) is 0 Å². The van der Waals surface area contributed by atoms with E-state index in [-0.39, 0.29) is 5.91 Å². The van der Waals surface area contributed by atoms with Crippen LogP contribution in [0, 0.1) is 25.2 Å². The molecule has 2 rings (SSSR count). The van der Waals surface area contributed by atoms with Crippen LogP contribution in [-0.4, -0.2) is 13.0 Å². The Bertz CT molecular complexity index is 661. The van der Waals surface area contributed by atoms with E-state index in [1.807, 2.05) is 32.0 Å². The van der Waals surface area contributed by atoms with Crippen molar-refractivity contribution in [2.24, 2.45) is 0 Å². The van der Waals surface area contributed by atoms with Crippen LogP contribution in [-0.2, 0) is 0 Å². The molecule has 100 valence electrons. The second kappa shape index (κ2) is 5.58. The molecule has 3 heteroatoms. The molecule has 2 aromatic rings. The van der Waals surface area contributed by atoms with Gasteiger partial charge < -0.3 is 4.90 Å². The van der Waals surface area contributed by atoms with Crippen LogP contribution in [0.2, 0.25) is 0 Å². The number of carbonyl (C=O) groups excluding carboxylic acids is 1. The molecular formula is C17H16N2O. The van der Waals surface area contributed by atoms with E-state index < -0.39 is 0 Å². The zero-order valence-corrected chi connectivity index (χ0v) is 11.8. The predicted octanol–water partition coefficient (Wildman–Crippen LogP) is 3.45. The van der Waals surface area contributed by atoms with Crippen LogP contribution < -0.4 is 4.90 Å². The Labute approximate surface area is 119 Å². The molecule has 0 heterocycles. The van der Waals surface area contributed by atoms with Gasteiger partial charge in [-0.05, 0) is 49.2 Å². The fourth-order valence-corrected chi connectivity index (χ4v) is 2.20. The normalized spacial score (nSPS) is 9.90. The highest BCUT2D eigenvalue weighted by molar-refractivity contribution is 6.07. The molecule has 0 aliphatic carbocycles. The minimum Gasteiger partial charge on any atom is -0.311 e. The highest BCUT2D eigenvalue weighted by Gasteiger charge is 2.17. The largest absolute Gasteiger partial charge is 0.311 e. The first-order valence-corrected chi connectivity index (χ1v) is 6.39. The summed E-state index contributed by atoms with van der Waals surface area (Å²) in [6.45, 7) is 3.87. The van der Waals surface area contributed by atoms with Gasteiger partial charge in [-0.1, -0.05) is 18.2 Å². The number of anilines is 1. The van der Waals surface area contributed by atoms with E-state index in [1.165, 1.54) is 0 Å². The summed E-state index contributed by atoms with van der Waals surface area (Å²) in [7, 11) is 1.75. The van der Waals surface area contributed by atoms with E-state index in [0.717, 1.165) is 22.4 Å². The minimum absolute atomic E-state index is 0.0368. The van der Waals surface area contributed by atoms with Crippen molar-refractivity contribution in [2.45, 2.75) is 13.8 Å². The maximum absolute atomic E-state index is 12.6. The lowest BCUT2D eigenvalue weighted by molar-refractivity contribution is 0.0992. The van der Waals surface area contributed by atoms with Crippen molar-refractivity contribution in [1.82, 2.24) is 0 Å². The minimum atomic E-state index is -0.0368. The Kier molecular flexibility index (Phi) is 3.86. The number of nitrogens with zero attached hydrogens (tertiary/aromatic N) is 2. The smallest absolute Gasteiger partial charge is 0.258 e. The Morgan fingerprint density at radius 3 is 2.10 bits per heavy atom. The van der Waals surface area contributed by atoms with Crippen molar-refractivity contribution in [3.05, 3.63) is 64.7 Å². The summed E-state index contributed by atoms with van der Waals surface area (Å²) in [6.07, 6.45) is 0. The van der Waals surface area contributed by atoms with Crippen molar-refractivity contribution in [3.63, 3.8) is 0 Å². The van der Waals surface area contributed by atoms with Crippen LogP contribution in [0.25, 0.3) is 0 Å². The Balaban J connectivity index is 2.35. The first kappa shape index (κ1) is 13.8. The van der Waals surface area contributed by atoms with Gasteiger partial charge in [0.1, 0.15) is 0 Å². The van der Waals surface area contributed by atoms with Gasteiger partial charge in [0.05, 0.1) is 11.6 Å². The molecule has 2 aromatic carbocycles. The van der Waals surface area contributed by atoms with Crippen LogP contribution in [0.15, 0.2) is 42.5 Å². The van der Waals surface area contributed by atoms with Crippen molar-refractivity contribution >= 4 is 11.6 Å². The van der Waals surface area contributed by atoms with Gasteiger partial charge in [0, 0.05) is 18.3 Å². The standard InChI is InChI=1S/C17H16N2O/c1-12-5-4-6-13(2)16(12)17(20)19(3)15-9-7-14(11-18)8-10-15/h4-10H,1-3H3. The molecule has 0 unspecified atom stereocenters. The molecule has 0 saturated heterocycles. The van der Waals surface area contributed by atoms with E-state index in [4.69, 9.17) is 5.26 Å². The van der Waals surface area contributed by atoms with Crippen LogP contribution in [0.1, 0.15) is 27.0 Å². The van der Waals surface area contributed by atoms with Crippen molar-refractivity contribution in [2.75, 3.05) is 11.9 Å². The summed E-state index contributed by atoms with van der Waals surface area (Å²) in [6, 6.07) is 14.9. The third-order valence-electron chi connectivity index (χ3n) is 3.38. The first-order valence-electron chi connectivity index (χ1n) is 6.39. The summed E-state index contributed by atoms with van der Waals surface area (Å²) in [5, 5.41) is 8.80. The predicted molar refractivity (Wildman–Crippen MR) is 79.8 cm³/mol. The van der Waals surface area contributed by atoms with E-state index in [1.54, 1.807) is 36.2 Å². The van der Waals surface area contributed by atoms with Crippen molar-refractivity contribution in [3.8, 4) is 6.07 Å². The maximum atomic E-state index is 12.6. The molecule has 0 saturated carbocycles. The van der Waals surface area contributed by atoms with Gasteiger partial charge in [-0.25, -0.2) is 0 Å². The average Bonchev–Trinajstić information content (AvgIpc) is 2.46. The molecule has 0 aliphatic heterocycles. The van der Waals surface area contributed by atoms with Crippen molar-refractivity contribution in [1.29, 1.82) is 5.26 Å². The highest BCUT2D eigenvalue weighted by Crippen LogP contribution is 2.20. The lowest BCUT2D eigenvalue weighted by Gasteiger charge is -2.20. The number of carbonyl (C=O) groups is 1. The lowest BCUT2D eigenvalue weighted by atomic mass is 10.0. The number of rotatable bonds is 2. The molecule has 0 atom stereocenters. The van der Waals surface area contributed by atoms with Gasteiger partial charge >= 0.3 is 0 Å². The van der Waals surface area contributed by atoms with Crippen LogP contribution in [0.3, 0.4) is 0 Å². The second-order valence-corrected chi connectivity index (χ2v) is 4.79. The molecule has 3 nitrogen and oxygen atoms in total. The van der Waals surface area contributed by atoms with Crippen molar-refractivity contribution < 1.29 is 4.79 Å². The summed E-state index contributed by atoms with van der Waals surface area (Å²) in [5.74, 6) is -0.0368. The summed E-state index contributed by atoms with van der Waals surface area (Å²) < 4.78 is 0. The number of aryl methyl sites for hydroxylation is 2. The summed E-state index contributed by atoms with van der Waals surface area (Å²) in [4.78, 5) is 14.2. The van der Waals surface area contributed by atoms with Gasteiger partial charge in [0.15, 0.2) is 0 Å². The third kappa shape index (κ3) is 2.55. The first-order chi connectivity index (χ1) is 9.54. The van der Waals surface area contributed by atoms with E-state index >= 15 is 0 Å². The second-order valence-electron chi connectivity index (χ2n) is 4.79. The molecule has 0 bridgehead atoms. The molecule has 1 amide bonds. The molecular weight excluding hydrogens is 248 g/mol. The molecule has 20 heavy (non-hydrogen) atoms. The molecule has 0 radical (unpaired) electrons. The van der Waals surface area contributed by atoms with E-state index in [2.05, 4.69) is 6.07 Å². The third-order valence-corrected chi connectivity index (χ3v) is 3.38. The van der Waals surface area contributed by atoms with Gasteiger partial charge in [-0.2, -0.15) is 5.26 Å². The summed E-state index contributed by atoms with van der Waals surface area (Å²) >= 11 is 0. The lowest BCUT2D eigenvalue weighted by Crippen LogP contribution is -2.27. The number of nitriles is 1. The molecule has 0 aromatic heterocycles. The van der Waals surface area contributed by atoms with Gasteiger partial charge in [-0.3, -0.25) is 4.79 Å². The van der Waals surface area contributed by atoms with E-state index in [0.29, 0.717) is 5.56 Å². The molecule has 0 spiro atoms. The Hall–Kier alpha value is -2.60. The van der Waals surface area contributed by atoms with Crippen LogP contribution >= 0.6 is 0 Å². The number of hydrogen-bond donors (Lipinski definition) is 0. The molecule has 0 fully saturated rings. The fraction of sp³-hybridized carbons (Fsp3) is 0.176. The van der Waals surface area contributed by atoms with E-state index in [9.17, 15) is 4.79 Å². The zero-order valence-electron chi connectivity index (χ0n) is 11.8. The number of hydrogen-bond acceptors (Lipinski definition) is 2. The number of benzene rings is 2. The fourth-order valence-electron chi connectivity index (χ4n) is 2.20. The van der Waals surface area contributed by atoms with Crippen LogP contribution in [0.4, 0.5) is 5.69 Å². The zero-order chi connectivity index (χ0) is 14.7. The quantitative estimate of drug-likeness (QED) is 0.833. The van der Waals surface area contributed by atoms with Crippen LogP contribution in [0.5, 0.6) is 0 Å².